The van der Waals surface area contributed by atoms with E-state index >= 15 is 0 Å². The third-order valence-electron chi connectivity index (χ3n) is 3.91. The van der Waals surface area contributed by atoms with Crippen molar-refractivity contribution in [2.45, 2.75) is 13.5 Å². The van der Waals surface area contributed by atoms with Gasteiger partial charge in [-0.1, -0.05) is 42.5 Å². The van der Waals surface area contributed by atoms with E-state index in [2.05, 4.69) is 10.6 Å². The molecule has 156 valence electrons. The predicted molar refractivity (Wildman–Crippen MR) is 119 cm³/mol. The normalized spacial score (nSPS) is 10.3. The van der Waals surface area contributed by atoms with Gasteiger partial charge in [-0.25, -0.2) is 4.79 Å². The molecule has 0 bridgehead atoms. The van der Waals surface area contributed by atoms with Crippen LogP contribution < -0.4 is 10.6 Å². The molecule has 0 aliphatic heterocycles. The van der Waals surface area contributed by atoms with E-state index in [-0.39, 0.29) is 17.6 Å². The molecule has 2 aromatic rings. The average Bonchev–Trinajstić information content (AvgIpc) is 2.73. The van der Waals surface area contributed by atoms with Crippen molar-refractivity contribution in [3.05, 3.63) is 77.9 Å². The van der Waals surface area contributed by atoms with Crippen molar-refractivity contribution in [1.29, 1.82) is 0 Å². The molecule has 2 amide bonds. The Labute approximate surface area is 180 Å². The first-order chi connectivity index (χ1) is 14.4. The molecule has 7 nitrogen and oxygen atoms in total. The van der Waals surface area contributed by atoms with Gasteiger partial charge in [0.2, 0.25) is 5.91 Å². The summed E-state index contributed by atoms with van der Waals surface area (Å²) in [5.74, 6) is -1.41. The fraction of sp³-hybridized carbons (Fsp3) is 0.182. The second kappa shape index (κ2) is 11.5. The van der Waals surface area contributed by atoms with Gasteiger partial charge in [0.15, 0.2) is 5.11 Å². The Morgan fingerprint density at radius 3 is 2.40 bits per heavy atom. The van der Waals surface area contributed by atoms with Crippen LogP contribution in [0.1, 0.15) is 22.8 Å². The van der Waals surface area contributed by atoms with Gasteiger partial charge in [0.05, 0.1) is 17.9 Å². The Morgan fingerprint density at radius 1 is 1.03 bits per heavy atom. The molecule has 0 radical (unpaired) electrons. The van der Waals surface area contributed by atoms with E-state index < -0.39 is 11.9 Å². The highest BCUT2D eigenvalue weighted by atomic mass is 32.1. The third kappa shape index (κ3) is 7.14. The van der Waals surface area contributed by atoms with Crippen LogP contribution in [0.5, 0.6) is 0 Å². The van der Waals surface area contributed by atoms with Gasteiger partial charge in [-0.2, -0.15) is 0 Å². The molecule has 30 heavy (non-hydrogen) atoms. The number of esters is 1. The molecule has 0 atom stereocenters. The molecule has 0 spiro atoms. The largest absolute Gasteiger partial charge is 0.463 e. The zero-order chi connectivity index (χ0) is 21.9. The van der Waals surface area contributed by atoms with Gasteiger partial charge < -0.3 is 15.0 Å². The number of benzene rings is 2. The Hall–Kier alpha value is -3.52. The second-order valence-corrected chi connectivity index (χ2v) is 6.63. The topological polar surface area (TPSA) is 87.7 Å². The van der Waals surface area contributed by atoms with Crippen molar-refractivity contribution in [2.24, 2.45) is 0 Å². The van der Waals surface area contributed by atoms with Crippen molar-refractivity contribution in [3.63, 3.8) is 0 Å². The van der Waals surface area contributed by atoms with Gasteiger partial charge in [-0.05, 0) is 36.8 Å². The smallest absolute Gasteiger partial charge is 0.330 e. The molecule has 0 saturated heterocycles. The highest BCUT2D eigenvalue weighted by molar-refractivity contribution is 7.80. The molecule has 8 heteroatoms. The summed E-state index contributed by atoms with van der Waals surface area (Å²) in [5, 5.41) is 5.28. The van der Waals surface area contributed by atoms with E-state index in [0.29, 0.717) is 17.8 Å². The summed E-state index contributed by atoms with van der Waals surface area (Å²) in [6, 6.07) is 16.5. The van der Waals surface area contributed by atoms with Crippen molar-refractivity contribution in [1.82, 2.24) is 10.2 Å². The SMILES string of the molecule is CCOC(=O)C=CC(=O)NC(=S)Nc1ccccc1C(=O)N(C)Cc1ccccc1. The first kappa shape index (κ1) is 22.8. The van der Waals surface area contributed by atoms with Gasteiger partial charge in [0.25, 0.3) is 5.91 Å². The predicted octanol–water partition coefficient (Wildman–Crippen LogP) is 2.89. The van der Waals surface area contributed by atoms with Gasteiger partial charge in [0.1, 0.15) is 0 Å². The van der Waals surface area contributed by atoms with Gasteiger partial charge in [0, 0.05) is 25.7 Å². The molecular formula is C22H23N3O4S. The van der Waals surface area contributed by atoms with Crippen molar-refractivity contribution in [3.8, 4) is 0 Å². The number of anilines is 1. The number of carbonyl (C=O) groups excluding carboxylic acids is 3. The van der Waals surface area contributed by atoms with E-state index in [9.17, 15) is 14.4 Å². The number of ether oxygens (including phenoxy) is 1. The van der Waals surface area contributed by atoms with Crippen molar-refractivity contribution >= 4 is 40.8 Å². The monoisotopic (exact) mass is 425 g/mol. The standard InChI is InChI=1S/C22H23N3O4S/c1-3-29-20(27)14-13-19(26)24-22(30)23-18-12-8-7-11-17(18)21(28)25(2)15-16-9-5-4-6-10-16/h4-14H,3,15H2,1-2H3,(H2,23,24,26,30). The van der Waals surface area contributed by atoms with Crippen molar-refractivity contribution < 1.29 is 19.1 Å². The molecule has 0 aliphatic rings. The lowest BCUT2D eigenvalue weighted by molar-refractivity contribution is -0.137. The first-order valence-electron chi connectivity index (χ1n) is 9.26. The minimum Gasteiger partial charge on any atom is -0.463 e. The van der Waals surface area contributed by atoms with E-state index in [1.165, 1.54) is 0 Å². The summed E-state index contributed by atoms with van der Waals surface area (Å²) < 4.78 is 4.70. The van der Waals surface area contributed by atoms with Crippen LogP contribution in [0.3, 0.4) is 0 Å². The van der Waals surface area contributed by atoms with Gasteiger partial charge in [-0.3, -0.25) is 14.9 Å². The fourth-order valence-corrected chi connectivity index (χ4v) is 2.77. The number of nitrogens with zero attached hydrogens (tertiary/aromatic N) is 1. The number of rotatable bonds is 7. The molecule has 0 aromatic heterocycles. The average molecular weight is 426 g/mol. The van der Waals surface area contributed by atoms with Crippen LogP contribution in [0.25, 0.3) is 0 Å². The number of nitrogens with one attached hydrogen (secondary N) is 2. The van der Waals surface area contributed by atoms with Crippen LogP contribution in [0, 0.1) is 0 Å². The van der Waals surface area contributed by atoms with Crippen LogP contribution in [0.15, 0.2) is 66.7 Å². The summed E-state index contributed by atoms with van der Waals surface area (Å²) in [5.41, 5.74) is 1.88. The van der Waals surface area contributed by atoms with Crippen LogP contribution in [-0.2, 0) is 20.9 Å². The summed E-state index contributed by atoms with van der Waals surface area (Å²) in [6.45, 7) is 2.34. The van der Waals surface area contributed by atoms with Crippen LogP contribution in [-0.4, -0.2) is 41.5 Å². The molecule has 0 unspecified atom stereocenters. The fourth-order valence-electron chi connectivity index (χ4n) is 2.55. The summed E-state index contributed by atoms with van der Waals surface area (Å²) in [6.07, 6.45) is 2.04. The Balaban J connectivity index is 2.02. The molecule has 2 N–H and O–H groups in total. The molecule has 0 heterocycles. The second-order valence-electron chi connectivity index (χ2n) is 6.22. The summed E-state index contributed by atoms with van der Waals surface area (Å²) >= 11 is 5.14. The number of hydrogen-bond donors (Lipinski definition) is 2. The number of carbonyl (C=O) groups is 3. The lowest BCUT2D eigenvalue weighted by Crippen LogP contribution is -2.34. The van der Waals surface area contributed by atoms with E-state index in [0.717, 1.165) is 17.7 Å². The number of thiocarbonyl (C=S) groups is 1. The minimum absolute atomic E-state index is 0.000490. The maximum Gasteiger partial charge on any atom is 0.330 e. The maximum absolute atomic E-state index is 12.9. The van der Waals surface area contributed by atoms with Crippen LogP contribution in [0.2, 0.25) is 0 Å². The quantitative estimate of drug-likeness (QED) is 0.403. The zero-order valence-corrected chi connectivity index (χ0v) is 17.6. The highest BCUT2D eigenvalue weighted by Crippen LogP contribution is 2.18. The van der Waals surface area contributed by atoms with E-state index in [1.54, 1.807) is 43.1 Å². The van der Waals surface area contributed by atoms with Gasteiger partial charge in [-0.15, -0.1) is 0 Å². The molecule has 2 aromatic carbocycles. The first-order valence-corrected chi connectivity index (χ1v) is 9.66. The number of para-hydroxylation sites is 1. The lowest BCUT2D eigenvalue weighted by Gasteiger charge is -2.20. The summed E-state index contributed by atoms with van der Waals surface area (Å²) in [7, 11) is 1.71. The molecule has 2 rings (SSSR count). The van der Waals surface area contributed by atoms with Crippen molar-refractivity contribution in [2.75, 3.05) is 19.0 Å². The maximum atomic E-state index is 12.9. The Morgan fingerprint density at radius 2 is 1.70 bits per heavy atom. The molecule has 0 aliphatic carbocycles. The minimum atomic E-state index is -0.621. The number of hydrogen-bond acceptors (Lipinski definition) is 5. The zero-order valence-electron chi connectivity index (χ0n) is 16.8. The third-order valence-corrected chi connectivity index (χ3v) is 4.11. The van der Waals surface area contributed by atoms with Crippen LogP contribution >= 0.6 is 12.2 Å². The van der Waals surface area contributed by atoms with Gasteiger partial charge >= 0.3 is 5.97 Å². The van der Waals surface area contributed by atoms with E-state index in [1.807, 2.05) is 30.3 Å². The van der Waals surface area contributed by atoms with Crippen LogP contribution in [0.4, 0.5) is 5.69 Å². The lowest BCUT2D eigenvalue weighted by atomic mass is 10.1. The molecular weight excluding hydrogens is 402 g/mol. The Kier molecular flexibility index (Phi) is 8.71. The molecule has 0 saturated carbocycles. The van der Waals surface area contributed by atoms with E-state index in [4.69, 9.17) is 17.0 Å². The Bertz CT molecular complexity index is 944. The molecule has 0 fully saturated rings. The summed E-state index contributed by atoms with van der Waals surface area (Å²) in [4.78, 5) is 37.6. The highest BCUT2D eigenvalue weighted by Gasteiger charge is 2.16. The number of amides is 2.